The zero-order chi connectivity index (χ0) is 15.3. The van der Waals surface area contributed by atoms with Crippen LogP contribution in [0.5, 0.6) is 0 Å². The first-order valence-corrected chi connectivity index (χ1v) is 7.87. The molecule has 6 nitrogen and oxygen atoms in total. The molecule has 3 rings (SSSR count). The van der Waals surface area contributed by atoms with Crippen molar-refractivity contribution in [3.63, 3.8) is 0 Å². The SMILES string of the molecule is CCOC1CC(N)(c2nc(C3(N)CCCC3)no2)C1(C)C.Cl.Cl. The normalized spacial score (nSPS) is 30.9. The predicted molar refractivity (Wildman–Crippen MR) is 92.8 cm³/mol. The van der Waals surface area contributed by atoms with E-state index in [9.17, 15) is 0 Å². The van der Waals surface area contributed by atoms with E-state index in [4.69, 9.17) is 20.7 Å². The summed E-state index contributed by atoms with van der Waals surface area (Å²) >= 11 is 0. The van der Waals surface area contributed by atoms with Crippen LogP contribution in [-0.4, -0.2) is 22.9 Å². The highest BCUT2D eigenvalue weighted by Crippen LogP contribution is 2.55. The molecule has 0 bridgehead atoms. The summed E-state index contributed by atoms with van der Waals surface area (Å²) in [5.41, 5.74) is 11.6. The van der Waals surface area contributed by atoms with Crippen molar-refractivity contribution in [3.05, 3.63) is 11.7 Å². The van der Waals surface area contributed by atoms with Crippen molar-refractivity contribution >= 4 is 24.8 Å². The van der Waals surface area contributed by atoms with E-state index in [1.807, 2.05) is 6.92 Å². The topological polar surface area (TPSA) is 100 Å². The van der Waals surface area contributed by atoms with Gasteiger partial charge in [0.15, 0.2) is 5.82 Å². The van der Waals surface area contributed by atoms with Crippen molar-refractivity contribution in [1.29, 1.82) is 0 Å². The van der Waals surface area contributed by atoms with E-state index in [1.54, 1.807) is 0 Å². The monoisotopic (exact) mass is 366 g/mol. The maximum atomic E-state index is 6.56. The number of nitrogens with two attached hydrogens (primary N) is 2. The van der Waals surface area contributed by atoms with Gasteiger partial charge in [0.1, 0.15) is 5.54 Å². The van der Waals surface area contributed by atoms with Crippen molar-refractivity contribution in [1.82, 2.24) is 10.1 Å². The molecular weight excluding hydrogens is 339 g/mol. The van der Waals surface area contributed by atoms with Crippen LogP contribution >= 0.6 is 24.8 Å². The minimum atomic E-state index is -0.632. The predicted octanol–water partition coefficient (Wildman–Crippen LogP) is 2.63. The molecule has 134 valence electrons. The summed E-state index contributed by atoms with van der Waals surface area (Å²) < 4.78 is 11.2. The molecule has 2 fully saturated rings. The average molecular weight is 367 g/mol. The Morgan fingerprint density at radius 1 is 1.22 bits per heavy atom. The number of nitrogens with zero attached hydrogens (tertiary/aromatic N) is 2. The van der Waals surface area contributed by atoms with Crippen LogP contribution in [0.3, 0.4) is 0 Å². The lowest BCUT2D eigenvalue weighted by molar-refractivity contribution is -0.162. The summed E-state index contributed by atoms with van der Waals surface area (Å²) in [5, 5.41) is 4.12. The van der Waals surface area contributed by atoms with Gasteiger partial charge in [-0.25, -0.2) is 0 Å². The molecule has 1 heterocycles. The van der Waals surface area contributed by atoms with Gasteiger partial charge in [-0.15, -0.1) is 24.8 Å². The number of ether oxygens (including phenoxy) is 1. The number of hydrogen-bond acceptors (Lipinski definition) is 6. The fourth-order valence-electron chi connectivity index (χ4n) is 3.63. The second-order valence-corrected chi connectivity index (χ2v) is 7.13. The maximum Gasteiger partial charge on any atom is 0.247 e. The molecule has 2 atom stereocenters. The molecule has 0 spiro atoms. The number of aromatic nitrogens is 2. The third-order valence-corrected chi connectivity index (χ3v) is 5.58. The van der Waals surface area contributed by atoms with Crippen LogP contribution in [0.1, 0.15) is 64.6 Å². The van der Waals surface area contributed by atoms with Gasteiger partial charge in [0.2, 0.25) is 5.89 Å². The highest BCUT2D eigenvalue weighted by atomic mass is 35.5. The zero-order valence-corrected chi connectivity index (χ0v) is 15.6. The van der Waals surface area contributed by atoms with Crippen LogP contribution < -0.4 is 11.5 Å². The lowest BCUT2D eigenvalue weighted by Crippen LogP contribution is -2.67. The fourth-order valence-corrected chi connectivity index (χ4v) is 3.63. The third-order valence-electron chi connectivity index (χ3n) is 5.58. The minimum Gasteiger partial charge on any atom is -0.378 e. The van der Waals surface area contributed by atoms with Crippen molar-refractivity contribution < 1.29 is 9.26 Å². The Balaban J connectivity index is 0.00000132. The Hall–Kier alpha value is -0.400. The van der Waals surface area contributed by atoms with Crippen molar-refractivity contribution in [2.45, 2.75) is 70.1 Å². The maximum absolute atomic E-state index is 6.56. The quantitative estimate of drug-likeness (QED) is 0.849. The average Bonchev–Trinajstić information content (AvgIpc) is 3.08. The smallest absolute Gasteiger partial charge is 0.247 e. The molecule has 0 aromatic carbocycles. The molecule has 0 aliphatic heterocycles. The van der Waals surface area contributed by atoms with Gasteiger partial charge in [0.25, 0.3) is 0 Å². The second-order valence-electron chi connectivity index (χ2n) is 7.13. The first-order valence-electron chi connectivity index (χ1n) is 7.87. The molecule has 2 saturated carbocycles. The van der Waals surface area contributed by atoms with Crippen molar-refractivity contribution in [3.8, 4) is 0 Å². The molecule has 2 aliphatic rings. The summed E-state index contributed by atoms with van der Waals surface area (Å²) in [4.78, 5) is 4.56. The summed E-state index contributed by atoms with van der Waals surface area (Å²) in [6, 6.07) is 0. The molecule has 0 saturated heterocycles. The van der Waals surface area contributed by atoms with Crippen LogP contribution in [0, 0.1) is 5.41 Å². The van der Waals surface area contributed by atoms with E-state index >= 15 is 0 Å². The Morgan fingerprint density at radius 3 is 2.35 bits per heavy atom. The molecule has 1 aromatic heterocycles. The van der Waals surface area contributed by atoms with E-state index in [-0.39, 0.29) is 36.3 Å². The van der Waals surface area contributed by atoms with E-state index in [0.29, 0.717) is 24.7 Å². The molecule has 1 aromatic rings. The van der Waals surface area contributed by atoms with Crippen LogP contribution in [0.2, 0.25) is 0 Å². The molecule has 0 radical (unpaired) electrons. The third kappa shape index (κ3) is 3.00. The van der Waals surface area contributed by atoms with Gasteiger partial charge >= 0.3 is 0 Å². The van der Waals surface area contributed by atoms with E-state index in [1.165, 1.54) is 0 Å². The highest BCUT2D eigenvalue weighted by Gasteiger charge is 2.62. The van der Waals surface area contributed by atoms with Crippen LogP contribution in [0.15, 0.2) is 4.52 Å². The second kappa shape index (κ2) is 6.84. The van der Waals surface area contributed by atoms with Gasteiger partial charge < -0.3 is 20.7 Å². The van der Waals surface area contributed by atoms with Crippen LogP contribution in [0.4, 0.5) is 0 Å². The standard InChI is InChI=1S/C15H26N4O2.2ClH/c1-4-20-10-9-15(17,13(10,2)3)12-18-11(19-21-12)14(16)7-5-6-8-14;;/h10H,4-9,16-17H2,1-3H3;2*1H. The van der Waals surface area contributed by atoms with Gasteiger partial charge in [0.05, 0.1) is 11.6 Å². The molecule has 2 unspecified atom stereocenters. The van der Waals surface area contributed by atoms with Crippen LogP contribution in [0.25, 0.3) is 0 Å². The van der Waals surface area contributed by atoms with E-state index in [2.05, 4.69) is 24.0 Å². The van der Waals surface area contributed by atoms with Gasteiger partial charge in [-0.05, 0) is 19.8 Å². The first kappa shape index (κ1) is 20.6. The van der Waals surface area contributed by atoms with E-state index < -0.39 is 11.1 Å². The largest absolute Gasteiger partial charge is 0.378 e. The van der Waals surface area contributed by atoms with E-state index in [0.717, 1.165) is 25.7 Å². The number of rotatable bonds is 4. The Bertz CT molecular complexity index is 531. The lowest BCUT2D eigenvalue weighted by atomic mass is 9.54. The summed E-state index contributed by atoms with van der Waals surface area (Å²) in [5.74, 6) is 1.10. The number of halogens is 2. The molecule has 2 aliphatic carbocycles. The van der Waals surface area contributed by atoms with Gasteiger partial charge in [-0.2, -0.15) is 4.98 Å². The Labute approximate surface area is 149 Å². The lowest BCUT2D eigenvalue weighted by Gasteiger charge is -2.56. The molecular formula is C15H28Cl2N4O2. The molecule has 23 heavy (non-hydrogen) atoms. The minimum absolute atomic E-state index is 0. The molecule has 8 heteroatoms. The molecule has 4 N–H and O–H groups in total. The zero-order valence-electron chi connectivity index (χ0n) is 14.0. The Kier molecular flexibility index (Phi) is 6.14. The highest BCUT2D eigenvalue weighted by molar-refractivity contribution is 5.85. The van der Waals surface area contributed by atoms with Gasteiger partial charge in [-0.1, -0.05) is 31.8 Å². The fraction of sp³-hybridized carbons (Fsp3) is 0.867. The summed E-state index contributed by atoms with van der Waals surface area (Å²) in [7, 11) is 0. The Morgan fingerprint density at radius 2 is 1.83 bits per heavy atom. The summed E-state index contributed by atoms with van der Waals surface area (Å²) in [6.45, 7) is 6.86. The van der Waals surface area contributed by atoms with Crippen molar-refractivity contribution in [2.24, 2.45) is 16.9 Å². The van der Waals surface area contributed by atoms with Crippen molar-refractivity contribution in [2.75, 3.05) is 6.61 Å². The molecule has 0 amide bonds. The van der Waals surface area contributed by atoms with Crippen LogP contribution in [-0.2, 0) is 15.8 Å². The first-order chi connectivity index (χ1) is 9.83. The van der Waals surface area contributed by atoms with Gasteiger partial charge in [-0.3, -0.25) is 0 Å². The summed E-state index contributed by atoms with van der Waals surface area (Å²) in [6.07, 6.45) is 4.88. The number of hydrogen-bond donors (Lipinski definition) is 2. The van der Waals surface area contributed by atoms with Gasteiger partial charge in [0, 0.05) is 18.4 Å².